The fraction of sp³-hybridized carbons (Fsp3) is 0.0588. The summed E-state index contributed by atoms with van der Waals surface area (Å²) in [6.07, 6.45) is 5.24. The van der Waals surface area contributed by atoms with Gasteiger partial charge in [0.15, 0.2) is 11.5 Å². The van der Waals surface area contributed by atoms with E-state index in [9.17, 15) is 0 Å². The Labute approximate surface area is 132 Å². The van der Waals surface area contributed by atoms with Crippen molar-refractivity contribution in [2.45, 2.75) is 0 Å². The van der Waals surface area contributed by atoms with Crippen LogP contribution in [0.1, 0.15) is 0 Å². The van der Waals surface area contributed by atoms with Crippen LogP contribution >= 0.6 is 0 Å². The minimum absolute atomic E-state index is 0.561. The molecule has 6 heteroatoms. The highest BCUT2D eigenvalue weighted by Gasteiger charge is 2.16. The van der Waals surface area contributed by atoms with Crippen LogP contribution in [-0.2, 0) is 0 Å². The molecule has 23 heavy (non-hydrogen) atoms. The summed E-state index contributed by atoms with van der Waals surface area (Å²) in [7, 11) is 1.59. The Bertz CT molecular complexity index is 948. The van der Waals surface area contributed by atoms with Crippen molar-refractivity contribution in [1.29, 1.82) is 0 Å². The summed E-state index contributed by atoms with van der Waals surface area (Å²) in [5.41, 5.74) is 3.21. The van der Waals surface area contributed by atoms with Gasteiger partial charge in [-0.1, -0.05) is 6.07 Å². The molecule has 0 fully saturated rings. The van der Waals surface area contributed by atoms with Crippen molar-refractivity contribution in [1.82, 2.24) is 24.5 Å². The Morgan fingerprint density at radius 2 is 1.83 bits per heavy atom. The molecule has 0 saturated carbocycles. The Morgan fingerprint density at radius 1 is 0.913 bits per heavy atom. The molecule has 112 valence electrons. The lowest BCUT2D eigenvalue weighted by Crippen LogP contribution is -2.00. The van der Waals surface area contributed by atoms with E-state index >= 15 is 0 Å². The molecule has 0 saturated heterocycles. The number of nitrogens with zero attached hydrogens (tertiary/aromatic N) is 5. The Morgan fingerprint density at radius 3 is 2.57 bits per heavy atom. The molecule has 0 radical (unpaired) electrons. The maximum Gasteiger partial charge on any atom is 0.213 e. The summed E-state index contributed by atoms with van der Waals surface area (Å²) in [5.74, 6) is 1.29. The fourth-order valence-electron chi connectivity index (χ4n) is 2.45. The maximum absolute atomic E-state index is 5.12. The molecule has 0 bridgehead atoms. The van der Waals surface area contributed by atoms with Gasteiger partial charge in [0.1, 0.15) is 11.2 Å². The highest BCUT2D eigenvalue weighted by Crippen LogP contribution is 2.26. The van der Waals surface area contributed by atoms with E-state index in [1.54, 1.807) is 25.7 Å². The molecule has 4 aromatic heterocycles. The Kier molecular flexibility index (Phi) is 3.20. The van der Waals surface area contributed by atoms with Crippen LogP contribution in [0.5, 0.6) is 5.88 Å². The van der Waals surface area contributed by atoms with Crippen LogP contribution in [-0.4, -0.2) is 31.6 Å². The first-order valence-electron chi connectivity index (χ1n) is 7.12. The third-order valence-corrected chi connectivity index (χ3v) is 3.50. The second kappa shape index (κ2) is 5.49. The largest absolute Gasteiger partial charge is 0.481 e. The summed E-state index contributed by atoms with van der Waals surface area (Å²) >= 11 is 0. The summed E-state index contributed by atoms with van der Waals surface area (Å²) in [4.78, 5) is 17.8. The predicted octanol–water partition coefficient (Wildman–Crippen LogP) is 2.89. The second-order valence-corrected chi connectivity index (χ2v) is 4.89. The van der Waals surface area contributed by atoms with Crippen LogP contribution in [0.3, 0.4) is 0 Å². The van der Waals surface area contributed by atoms with Crippen molar-refractivity contribution >= 4 is 11.2 Å². The van der Waals surface area contributed by atoms with Gasteiger partial charge in [-0.25, -0.2) is 15.0 Å². The molecule has 0 spiro atoms. The van der Waals surface area contributed by atoms with E-state index in [2.05, 4.69) is 19.9 Å². The molecule has 4 heterocycles. The normalized spacial score (nSPS) is 10.8. The fourth-order valence-corrected chi connectivity index (χ4v) is 2.45. The molecule has 0 aromatic carbocycles. The Hall–Kier alpha value is -3.28. The summed E-state index contributed by atoms with van der Waals surface area (Å²) < 4.78 is 7.07. The van der Waals surface area contributed by atoms with E-state index in [0.717, 1.165) is 28.4 Å². The van der Waals surface area contributed by atoms with Crippen molar-refractivity contribution in [3.63, 3.8) is 0 Å². The van der Waals surface area contributed by atoms with Crippen LogP contribution in [0, 0.1) is 0 Å². The van der Waals surface area contributed by atoms with Gasteiger partial charge < -0.3 is 4.74 Å². The quantitative estimate of drug-likeness (QED) is 0.582. The molecule has 0 atom stereocenters. The van der Waals surface area contributed by atoms with Crippen molar-refractivity contribution in [2.24, 2.45) is 0 Å². The molecule has 0 aliphatic rings. The first kappa shape index (κ1) is 13.4. The Balaban J connectivity index is 1.99. The van der Waals surface area contributed by atoms with Gasteiger partial charge in [0.25, 0.3) is 0 Å². The molecule has 0 amide bonds. The van der Waals surface area contributed by atoms with Gasteiger partial charge in [-0.05, 0) is 30.3 Å². The molecular weight excluding hydrogens is 290 g/mol. The molecule has 0 aliphatic heterocycles. The van der Waals surface area contributed by atoms with Crippen LogP contribution in [0.4, 0.5) is 0 Å². The van der Waals surface area contributed by atoms with Gasteiger partial charge in [0, 0.05) is 18.5 Å². The number of hydrogen-bond donors (Lipinski definition) is 0. The zero-order valence-corrected chi connectivity index (χ0v) is 12.4. The minimum atomic E-state index is 0.561. The molecule has 0 N–H and O–H groups in total. The molecule has 0 unspecified atom stereocenters. The van der Waals surface area contributed by atoms with Crippen molar-refractivity contribution in [3.05, 3.63) is 61.1 Å². The molecule has 4 rings (SSSR count). The van der Waals surface area contributed by atoms with Crippen LogP contribution in [0.25, 0.3) is 28.4 Å². The number of ether oxygens (including phenoxy) is 1. The number of fused-ring (bicyclic) bond motifs is 1. The number of imidazole rings is 1. The lowest BCUT2D eigenvalue weighted by molar-refractivity contribution is 0.398. The van der Waals surface area contributed by atoms with Gasteiger partial charge in [-0.2, -0.15) is 0 Å². The number of aromatic nitrogens is 5. The number of methoxy groups -OCH3 is 1. The van der Waals surface area contributed by atoms with E-state index in [1.807, 2.05) is 47.0 Å². The minimum Gasteiger partial charge on any atom is -0.481 e. The maximum atomic E-state index is 5.12. The van der Waals surface area contributed by atoms with Crippen molar-refractivity contribution < 1.29 is 4.74 Å². The van der Waals surface area contributed by atoms with Crippen LogP contribution < -0.4 is 4.74 Å². The molecule has 4 aromatic rings. The van der Waals surface area contributed by atoms with Crippen LogP contribution in [0.15, 0.2) is 61.1 Å². The standard InChI is InChI=1S/C17H13N5O/c1-23-15-8-7-12(11-20-15)22-16-14(6-4-10-19-16)21-17(22)13-5-2-3-9-18-13/h2-11H,1H3. The predicted molar refractivity (Wildman–Crippen MR) is 86.4 cm³/mol. The zero-order valence-electron chi connectivity index (χ0n) is 12.4. The SMILES string of the molecule is COc1ccc(-n2c(-c3ccccn3)nc3cccnc32)cn1. The van der Waals surface area contributed by atoms with Gasteiger partial charge >= 0.3 is 0 Å². The number of hydrogen-bond acceptors (Lipinski definition) is 5. The first-order chi connectivity index (χ1) is 11.4. The van der Waals surface area contributed by atoms with E-state index < -0.39 is 0 Å². The number of rotatable bonds is 3. The van der Waals surface area contributed by atoms with E-state index in [1.165, 1.54) is 0 Å². The van der Waals surface area contributed by atoms with Gasteiger partial charge in [-0.3, -0.25) is 9.55 Å². The van der Waals surface area contributed by atoms with Crippen molar-refractivity contribution in [2.75, 3.05) is 7.11 Å². The van der Waals surface area contributed by atoms with E-state index in [0.29, 0.717) is 5.88 Å². The highest BCUT2D eigenvalue weighted by atomic mass is 16.5. The van der Waals surface area contributed by atoms with Crippen molar-refractivity contribution in [3.8, 4) is 23.1 Å². The third kappa shape index (κ3) is 2.30. The smallest absolute Gasteiger partial charge is 0.213 e. The average molecular weight is 303 g/mol. The lowest BCUT2D eigenvalue weighted by atomic mass is 10.3. The van der Waals surface area contributed by atoms with Gasteiger partial charge in [-0.15, -0.1) is 0 Å². The van der Waals surface area contributed by atoms with Gasteiger partial charge in [0.2, 0.25) is 5.88 Å². The average Bonchev–Trinajstić information content (AvgIpc) is 3.02. The van der Waals surface area contributed by atoms with Crippen LogP contribution in [0.2, 0.25) is 0 Å². The third-order valence-electron chi connectivity index (χ3n) is 3.50. The molecule has 6 nitrogen and oxygen atoms in total. The molecular formula is C17H13N5O. The molecule has 0 aliphatic carbocycles. The van der Waals surface area contributed by atoms with E-state index in [-0.39, 0.29) is 0 Å². The second-order valence-electron chi connectivity index (χ2n) is 4.89. The summed E-state index contributed by atoms with van der Waals surface area (Å²) in [6, 6.07) is 13.3. The van der Waals surface area contributed by atoms with Gasteiger partial charge in [0.05, 0.1) is 19.0 Å². The lowest BCUT2D eigenvalue weighted by Gasteiger charge is -2.08. The monoisotopic (exact) mass is 303 g/mol. The van der Waals surface area contributed by atoms with E-state index in [4.69, 9.17) is 4.74 Å². The topological polar surface area (TPSA) is 65.7 Å². The summed E-state index contributed by atoms with van der Waals surface area (Å²) in [6.45, 7) is 0. The zero-order chi connectivity index (χ0) is 15.6. The highest BCUT2D eigenvalue weighted by molar-refractivity contribution is 5.78. The number of pyridine rings is 3. The first-order valence-corrected chi connectivity index (χ1v) is 7.12. The summed E-state index contributed by atoms with van der Waals surface area (Å²) in [5, 5.41) is 0.